The highest BCUT2D eigenvalue weighted by molar-refractivity contribution is 5.86. The predicted molar refractivity (Wildman–Crippen MR) is 82.6 cm³/mol. The smallest absolute Gasteiger partial charge is 0.240 e. The van der Waals surface area contributed by atoms with Gasteiger partial charge in [0.05, 0.1) is 5.54 Å². The summed E-state index contributed by atoms with van der Waals surface area (Å²) in [5.74, 6) is 0.181. The fourth-order valence-corrected chi connectivity index (χ4v) is 3.13. The lowest BCUT2D eigenvalue weighted by molar-refractivity contribution is -0.128. The maximum absolute atomic E-state index is 12.6. The van der Waals surface area contributed by atoms with Gasteiger partial charge in [-0.05, 0) is 44.7 Å². The zero-order valence-electron chi connectivity index (χ0n) is 12.6. The van der Waals surface area contributed by atoms with Gasteiger partial charge >= 0.3 is 0 Å². The highest BCUT2D eigenvalue weighted by Gasteiger charge is 2.40. The first-order valence-electron chi connectivity index (χ1n) is 7.76. The first-order valence-corrected chi connectivity index (χ1v) is 7.76. The summed E-state index contributed by atoms with van der Waals surface area (Å²) in [6.07, 6.45) is 4.91. The van der Waals surface area contributed by atoms with Crippen LogP contribution in [0.3, 0.4) is 0 Å². The maximum Gasteiger partial charge on any atom is 0.240 e. The van der Waals surface area contributed by atoms with E-state index < -0.39 is 0 Å². The lowest BCUT2D eigenvalue weighted by atomic mass is 9.90. The molecule has 0 saturated carbocycles. The van der Waals surface area contributed by atoms with E-state index in [0.717, 1.165) is 38.6 Å². The largest absolute Gasteiger partial charge is 0.352 e. The minimum atomic E-state index is -0.320. The number of rotatable bonds is 6. The van der Waals surface area contributed by atoms with Crippen LogP contribution in [0.1, 0.15) is 45.1 Å². The Balaban J connectivity index is 1.92. The molecule has 1 aliphatic heterocycles. The van der Waals surface area contributed by atoms with Gasteiger partial charge in [0.25, 0.3) is 0 Å². The Hall–Kier alpha value is -1.35. The van der Waals surface area contributed by atoms with Gasteiger partial charge in [-0.1, -0.05) is 43.7 Å². The number of amides is 1. The molecular weight excluding hydrogens is 248 g/mol. The normalized spacial score (nSPS) is 23.5. The molecule has 1 aromatic rings. The second-order valence-electron chi connectivity index (χ2n) is 5.93. The predicted octanol–water partition coefficient (Wildman–Crippen LogP) is 2.66. The zero-order valence-corrected chi connectivity index (χ0v) is 12.6. The second-order valence-corrected chi connectivity index (χ2v) is 5.93. The number of hydrogen-bond donors (Lipinski definition) is 2. The van der Waals surface area contributed by atoms with Crippen LogP contribution in [-0.2, 0) is 11.2 Å². The number of carbonyl (C=O) groups excluding carboxylic acids is 1. The van der Waals surface area contributed by atoms with Crippen molar-refractivity contribution in [1.82, 2.24) is 10.6 Å². The third kappa shape index (κ3) is 3.60. The second kappa shape index (κ2) is 6.89. The summed E-state index contributed by atoms with van der Waals surface area (Å²) in [5.41, 5.74) is 0.948. The molecule has 0 bridgehead atoms. The van der Waals surface area contributed by atoms with Gasteiger partial charge < -0.3 is 10.6 Å². The highest BCUT2D eigenvalue weighted by Crippen LogP contribution is 2.25. The Kier molecular flexibility index (Phi) is 5.18. The van der Waals surface area contributed by atoms with E-state index in [9.17, 15) is 4.79 Å². The van der Waals surface area contributed by atoms with Crippen molar-refractivity contribution >= 4 is 5.91 Å². The molecule has 0 radical (unpaired) electrons. The molecule has 1 fully saturated rings. The summed E-state index contributed by atoms with van der Waals surface area (Å²) < 4.78 is 0. The lowest BCUT2D eigenvalue weighted by Gasteiger charge is -2.29. The van der Waals surface area contributed by atoms with Crippen molar-refractivity contribution in [2.75, 3.05) is 6.54 Å². The summed E-state index contributed by atoms with van der Waals surface area (Å²) in [4.78, 5) is 12.6. The quantitative estimate of drug-likeness (QED) is 0.837. The zero-order chi connectivity index (χ0) is 14.4. The number of carbonyl (C=O) groups is 1. The van der Waals surface area contributed by atoms with Crippen molar-refractivity contribution in [2.24, 2.45) is 0 Å². The van der Waals surface area contributed by atoms with Crippen molar-refractivity contribution < 1.29 is 4.79 Å². The molecule has 1 aliphatic rings. The van der Waals surface area contributed by atoms with E-state index in [4.69, 9.17) is 0 Å². The molecular formula is C17H26N2O. The summed E-state index contributed by atoms with van der Waals surface area (Å²) in [6.45, 7) is 5.18. The molecule has 20 heavy (non-hydrogen) atoms. The fraction of sp³-hybridized carbons (Fsp3) is 0.588. The molecule has 1 aromatic carbocycles. The third-order valence-electron chi connectivity index (χ3n) is 4.12. The summed E-state index contributed by atoms with van der Waals surface area (Å²) in [6, 6.07) is 10.5. The van der Waals surface area contributed by atoms with Gasteiger partial charge in [-0.3, -0.25) is 4.79 Å². The van der Waals surface area contributed by atoms with Crippen molar-refractivity contribution in [3.8, 4) is 0 Å². The Morgan fingerprint density at radius 3 is 2.75 bits per heavy atom. The third-order valence-corrected chi connectivity index (χ3v) is 4.12. The Bertz CT molecular complexity index is 424. The van der Waals surface area contributed by atoms with E-state index in [0.29, 0.717) is 0 Å². The van der Waals surface area contributed by atoms with Crippen molar-refractivity contribution in [1.29, 1.82) is 0 Å². The maximum atomic E-state index is 12.6. The molecule has 0 aliphatic carbocycles. The van der Waals surface area contributed by atoms with E-state index in [1.54, 1.807) is 0 Å². The minimum Gasteiger partial charge on any atom is -0.352 e. The molecule has 2 rings (SSSR count). The Labute approximate surface area is 122 Å². The molecule has 3 nitrogen and oxygen atoms in total. The van der Waals surface area contributed by atoms with Crippen LogP contribution in [0.2, 0.25) is 0 Å². The fourth-order valence-electron chi connectivity index (χ4n) is 3.13. The molecule has 2 unspecified atom stereocenters. The SMILES string of the molecule is CCCC1(C(=O)NC(C)Cc2ccccc2)CCCN1. The lowest BCUT2D eigenvalue weighted by Crippen LogP contribution is -2.55. The van der Waals surface area contributed by atoms with E-state index in [1.165, 1.54) is 5.56 Å². The van der Waals surface area contributed by atoms with Gasteiger partial charge in [0.2, 0.25) is 5.91 Å². The van der Waals surface area contributed by atoms with Gasteiger partial charge in [0, 0.05) is 6.04 Å². The van der Waals surface area contributed by atoms with Crippen LogP contribution in [0, 0.1) is 0 Å². The average Bonchev–Trinajstić information content (AvgIpc) is 2.90. The molecule has 1 amide bonds. The van der Waals surface area contributed by atoms with Crippen molar-refractivity contribution in [3.63, 3.8) is 0 Å². The molecule has 1 saturated heterocycles. The van der Waals surface area contributed by atoms with E-state index in [-0.39, 0.29) is 17.5 Å². The molecule has 2 atom stereocenters. The molecule has 0 aromatic heterocycles. The Morgan fingerprint density at radius 2 is 2.15 bits per heavy atom. The Morgan fingerprint density at radius 1 is 1.40 bits per heavy atom. The molecule has 1 heterocycles. The number of nitrogens with one attached hydrogen (secondary N) is 2. The van der Waals surface area contributed by atoms with E-state index in [1.807, 2.05) is 18.2 Å². The standard InChI is InChI=1S/C17H26N2O/c1-3-10-17(11-7-12-18-17)16(20)19-14(2)13-15-8-5-4-6-9-15/h4-6,8-9,14,18H,3,7,10-13H2,1-2H3,(H,19,20). The topological polar surface area (TPSA) is 41.1 Å². The summed E-state index contributed by atoms with van der Waals surface area (Å²) in [7, 11) is 0. The monoisotopic (exact) mass is 274 g/mol. The van der Waals surface area contributed by atoms with E-state index in [2.05, 4.69) is 36.6 Å². The number of hydrogen-bond acceptors (Lipinski definition) is 2. The molecule has 0 spiro atoms. The number of benzene rings is 1. The summed E-state index contributed by atoms with van der Waals surface area (Å²) in [5, 5.41) is 6.62. The first kappa shape index (κ1) is 15.0. The first-order chi connectivity index (χ1) is 9.66. The van der Waals surface area contributed by atoms with Gasteiger partial charge in [-0.25, -0.2) is 0 Å². The van der Waals surface area contributed by atoms with Crippen LogP contribution in [-0.4, -0.2) is 24.0 Å². The van der Waals surface area contributed by atoms with Gasteiger partial charge in [0.15, 0.2) is 0 Å². The average molecular weight is 274 g/mol. The van der Waals surface area contributed by atoms with Crippen LogP contribution < -0.4 is 10.6 Å². The van der Waals surface area contributed by atoms with Crippen LogP contribution in [0.5, 0.6) is 0 Å². The summed E-state index contributed by atoms with van der Waals surface area (Å²) >= 11 is 0. The minimum absolute atomic E-state index is 0.168. The van der Waals surface area contributed by atoms with Gasteiger partial charge in [0.1, 0.15) is 0 Å². The van der Waals surface area contributed by atoms with Crippen LogP contribution in [0.4, 0.5) is 0 Å². The molecule has 2 N–H and O–H groups in total. The van der Waals surface area contributed by atoms with Gasteiger partial charge in [-0.15, -0.1) is 0 Å². The highest BCUT2D eigenvalue weighted by atomic mass is 16.2. The molecule has 110 valence electrons. The van der Waals surface area contributed by atoms with Crippen LogP contribution in [0.15, 0.2) is 30.3 Å². The molecule has 3 heteroatoms. The van der Waals surface area contributed by atoms with Gasteiger partial charge in [-0.2, -0.15) is 0 Å². The van der Waals surface area contributed by atoms with Crippen molar-refractivity contribution in [2.45, 2.75) is 57.5 Å². The van der Waals surface area contributed by atoms with Crippen molar-refractivity contribution in [3.05, 3.63) is 35.9 Å². The van der Waals surface area contributed by atoms with Crippen LogP contribution in [0.25, 0.3) is 0 Å². The van der Waals surface area contributed by atoms with Crippen LogP contribution >= 0.6 is 0 Å². The van der Waals surface area contributed by atoms with E-state index >= 15 is 0 Å².